The van der Waals surface area contributed by atoms with E-state index in [1.807, 2.05) is 43.3 Å². The first-order chi connectivity index (χ1) is 11.6. The summed E-state index contributed by atoms with van der Waals surface area (Å²) < 4.78 is 0. The number of rotatable bonds is 5. The van der Waals surface area contributed by atoms with Crippen molar-refractivity contribution >= 4 is 11.8 Å². The summed E-state index contributed by atoms with van der Waals surface area (Å²) in [6.07, 6.45) is 4.47. The zero-order chi connectivity index (χ0) is 16.9. The Morgan fingerprint density at radius 1 is 1.25 bits per heavy atom. The number of pyridine rings is 1. The predicted octanol–water partition coefficient (Wildman–Crippen LogP) is 2.20. The molecule has 1 aliphatic rings. The summed E-state index contributed by atoms with van der Waals surface area (Å²) in [6.45, 7) is 3.04. The highest BCUT2D eigenvalue weighted by Gasteiger charge is 2.31. The van der Waals surface area contributed by atoms with E-state index in [2.05, 4.69) is 10.3 Å². The summed E-state index contributed by atoms with van der Waals surface area (Å²) in [6, 6.07) is 11.4. The van der Waals surface area contributed by atoms with Gasteiger partial charge < -0.3 is 10.2 Å². The van der Waals surface area contributed by atoms with Gasteiger partial charge in [0.05, 0.1) is 0 Å². The van der Waals surface area contributed by atoms with Gasteiger partial charge in [-0.05, 0) is 36.1 Å². The Balaban J connectivity index is 1.81. The van der Waals surface area contributed by atoms with Crippen molar-refractivity contribution in [3.05, 3.63) is 65.5 Å². The molecule has 0 unspecified atom stereocenters. The maximum atomic E-state index is 12.9. The minimum atomic E-state index is -0.418. The normalized spacial score (nSPS) is 16.7. The van der Waals surface area contributed by atoms with E-state index in [1.54, 1.807) is 17.3 Å². The van der Waals surface area contributed by atoms with Crippen LogP contribution in [0.15, 0.2) is 48.8 Å². The van der Waals surface area contributed by atoms with E-state index in [1.165, 1.54) is 0 Å². The van der Waals surface area contributed by atoms with Crippen LogP contribution in [0.2, 0.25) is 0 Å². The second kappa shape index (κ2) is 7.25. The maximum Gasteiger partial charge on any atom is 0.245 e. The summed E-state index contributed by atoms with van der Waals surface area (Å²) in [5.74, 6) is -0.0847. The molecular weight excluding hydrogens is 302 g/mol. The van der Waals surface area contributed by atoms with Crippen LogP contribution in [0.3, 0.4) is 0 Å². The lowest BCUT2D eigenvalue weighted by molar-refractivity contribution is -0.135. The molecule has 1 fully saturated rings. The van der Waals surface area contributed by atoms with Gasteiger partial charge in [-0.3, -0.25) is 14.6 Å². The van der Waals surface area contributed by atoms with Gasteiger partial charge in [0.15, 0.2) is 0 Å². The Hall–Kier alpha value is -2.69. The third-order valence-corrected chi connectivity index (χ3v) is 4.32. The molecule has 1 N–H and O–H groups in total. The second-order valence-corrected chi connectivity index (χ2v) is 6.14. The predicted molar refractivity (Wildman–Crippen MR) is 90.8 cm³/mol. The number of hydrogen-bond donors (Lipinski definition) is 1. The SMILES string of the molecule is Cc1ccccc1CN(Cc1cccnc1)C(=O)[C@@H]1CCC(=O)N1. The maximum absolute atomic E-state index is 12.9. The van der Waals surface area contributed by atoms with Crippen molar-refractivity contribution in [2.75, 3.05) is 0 Å². The van der Waals surface area contributed by atoms with Crippen LogP contribution < -0.4 is 5.32 Å². The van der Waals surface area contributed by atoms with Crippen molar-refractivity contribution in [1.29, 1.82) is 0 Å². The molecule has 5 heteroatoms. The number of amides is 2. The van der Waals surface area contributed by atoms with Crippen molar-refractivity contribution in [1.82, 2.24) is 15.2 Å². The van der Waals surface area contributed by atoms with Crippen LogP contribution in [-0.4, -0.2) is 27.7 Å². The minimum Gasteiger partial charge on any atom is -0.344 e. The van der Waals surface area contributed by atoms with Crippen molar-refractivity contribution in [3.63, 3.8) is 0 Å². The number of hydrogen-bond acceptors (Lipinski definition) is 3. The number of carbonyl (C=O) groups excluding carboxylic acids is 2. The van der Waals surface area contributed by atoms with E-state index in [0.29, 0.717) is 25.9 Å². The van der Waals surface area contributed by atoms with Crippen LogP contribution in [0.4, 0.5) is 0 Å². The highest BCUT2D eigenvalue weighted by Crippen LogP contribution is 2.17. The molecule has 5 nitrogen and oxygen atoms in total. The second-order valence-electron chi connectivity index (χ2n) is 6.14. The summed E-state index contributed by atoms with van der Waals surface area (Å²) >= 11 is 0. The number of aromatic nitrogens is 1. The lowest BCUT2D eigenvalue weighted by Gasteiger charge is -2.26. The van der Waals surface area contributed by atoms with Crippen LogP contribution in [0.1, 0.15) is 29.5 Å². The number of carbonyl (C=O) groups is 2. The fraction of sp³-hybridized carbons (Fsp3) is 0.316. The number of benzene rings is 1. The number of nitrogens with one attached hydrogen (secondary N) is 1. The lowest BCUT2D eigenvalue weighted by atomic mass is 10.1. The molecule has 3 rings (SSSR count). The molecule has 1 aliphatic heterocycles. The molecule has 0 bridgehead atoms. The van der Waals surface area contributed by atoms with Gasteiger partial charge in [-0.25, -0.2) is 0 Å². The summed E-state index contributed by atoms with van der Waals surface area (Å²) in [7, 11) is 0. The van der Waals surface area contributed by atoms with E-state index >= 15 is 0 Å². The van der Waals surface area contributed by atoms with E-state index in [0.717, 1.165) is 16.7 Å². The first kappa shape index (κ1) is 16.2. The Bertz CT molecular complexity index is 730. The van der Waals surface area contributed by atoms with Gasteiger partial charge in [-0.1, -0.05) is 30.3 Å². The Morgan fingerprint density at radius 3 is 2.75 bits per heavy atom. The lowest BCUT2D eigenvalue weighted by Crippen LogP contribution is -2.43. The van der Waals surface area contributed by atoms with Gasteiger partial charge in [0.2, 0.25) is 11.8 Å². The smallest absolute Gasteiger partial charge is 0.245 e. The molecule has 2 aromatic rings. The monoisotopic (exact) mass is 323 g/mol. The third kappa shape index (κ3) is 3.79. The summed E-state index contributed by atoms with van der Waals surface area (Å²) in [5.41, 5.74) is 3.24. The van der Waals surface area contributed by atoms with E-state index in [4.69, 9.17) is 0 Å². The molecule has 0 aliphatic carbocycles. The van der Waals surface area contributed by atoms with E-state index in [9.17, 15) is 9.59 Å². The molecular formula is C19H21N3O2. The molecule has 2 heterocycles. The molecule has 0 spiro atoms. The van der Waals surface area contributed by atoms with E-state index in [-0.39, 0.29) is 11.8 Å². The van der Waals surface area contributed by atoms with Crippen LogP contribution in [0.25, 0.3) is 0 Å². The average Bonchev–Trinajstić information content (AvgIpc) is 3.03. The molecule has 1 saturated heterocycles. The minimum absolute atomic E-state index is 0.0343. The molecule has 124 valence electrons. The fourth-order valence-electron chi connectivity index (χ4n) is 2.94. The fourth-order valence-corrected chi connectivity index (χ4v) is 2.94. The van der Waals surface area contributed by atoms with Gasteiger partial charge >= 0.3 is 0 Å². The van der Waals surface area contributed by atoms with Crippen molar-refractivity contribution in [3.8, 4) is 0 Å². The average molecular weight is 323 g/mol. The summed E-state index contributed by atoms with van der Waals surface area (Å²) in [4.78, 5) is 30.3. The molecule has 0 radical (unpaired) electrons. The number of nitrogens with zero attached hydrogens (tertiary/aromatic N) is 2. The number of aryl methyl sites for hydroxylation is 1. The molecule has 24 heavy (non-hydrogen) atoms. The first-order valence-electron chi connectivity index (χ1n) is 8.15. The molecule has 0 saturated carbocycles. The highest BCUT2D eigenvalue weighted by molar-refractivity contribution is 5.90. The van der Waals surface area contributed by atoms with Crippen LogP contribution in [0, 0.1) is 6.92 Å². The Morgan fingerprint density at radius 2 is 2.08 bits per heavy atom. The molecule has 2 amide bonds. The molecule has 1 aromatic heterocycles. The van der Waals surface area contributed by atoms with Crippen molar-refractivity contribution in [2.45, 2.75) is 38.9 Å². The van der Waals surface area contributed by atoms with Crippen molar-refractivity contribution < 1.29 is 9.59 Å². The quantitative estimate of drug-likeness (QED) is 0.917. The van der Waals surface area contributed by atoms with Gasteiger partial charge in [-0.15, -0.1) is 0 Å². The van der Waals surface area contributed by atoms with Crippen LogP contribution in [0.5, 0.6) is 0 Å². The molecule has 1 atom stereocenters. The zero-order valence-electron chi connectivity index (χ0n) is 13.7. The Kier molecular flexibility index (Phi) is 4.89. The van der Waals surface area contributed by atoms with Crippen molar-refractivity contribution in [2.24, 2.45) is 0 Å². The third-order valence-electron chi connectivity index (χ3n) is 4.32. The van der Waals surface area contributed by atoms with Gasteiger partial charge in [-0.2, -0.15) is 0 Å². The van der Waals surface area contributed by atoms with E-state index < -0.39 is 6.04 Å². The largest absolute Gasteiger partial charge is 0.344 e. The van der Waals surface area contributed by atoms with Gasteiger partial charge in [0.25, 0.3) is 0 Å². The zero-order valence-corrected chi connectivity index (χ0v) is 13.7. The van der Waals surface area contributed by atoms with Crippen LogP contribution >= 0.6 is 0 Å². The van der Waals surface area contributed by atoms with Crippen LogP contribution in [-0.2, 0) is 22.7 Å². The first-order valence-corrected chi connectivity index (χ1v) is 8.15. The van der Waals surface area contributed by atoms with Gasteiger partial charge in [0.1, 0.15) is 6.04 Å². The molecule has 1 aromatic carbocycles. The van der Waals surface area contributed by atoms with Gasteiger partial charge in [0, 0.05) is 31.9 Å². The highest BCUT2D eigenvalue weighted by atomic mass is 16.2. The topological polar surface area (TPSA) is 62.3 Å². The summed E-state index contributed by atoms with van der Waals surface area (Å²) in [5, 5.41) is 2.77. The Labute approximate surface area is 141 Å². The standard InChI is InChI=1S/C19H21N3O2/c1-14-5-2-3-7-16(14)13-22(12-15-6-4-10-20-11-15)19(24)17-8-9-18(23)21-17/h2-7,10-11,17H,8-9,12-13H2,1H3,(H,21,23)/t17-/m0/s1.